The first-order valence-electron chi connectivity index (χ1n) is 12.0. The van der Waals surface area contributed by atoms with Crippen LogP contribution >= 0.6 is 0 Å². The lowest BCUT2D eigenvalue weighted by atomic mass is 9.75. The first-order chi connectivity index (χ1) is 16.1. The molecule has 1 aliphatic rings. The first-order valence-corrected chi connectivity index (χ1v) is 12.0. The molecule has 0 saturated heterocycles. The van der Waals surface area contributed by atoms with Crippen LogP contribution in [0.3, 0.4) is 0 Å². The van der Waals surface area contributed by atoms with Gasteiger partial charge in [0, 0.05) is 5.69 Å². The van der Waals surface area contributed by atoms with E-state index < -0.39 is 24.5 Å². The number of amides is 1. The maximum atomic E-state index is 13.0. The van der Waals surface area contributed by atoms with Gasteiger partial charge in [0.05, 0.1) is 11.1 Å². The maximum absolute atomic E-state index is 13.0. The summed E-state index contributed by atoms with van der Waals surface area (Å²) in [7, 11) is 0. The average molecular weight is 466 g/mol. The molecule has 34 heavy (non-hydrogen) atoms. The summed E-state index contributed by atoms with van der Waals surface area (Å²) < 4.78 is 11.1. The van der Waals surface area contributed by atoms with Gasteiger partial charge in [-0.2, -0.15) is 0 Å². The van der Waals surface area contributed by atoms with E-state index in [1.807, 2.05) is 32.0 Å². The van der Waals surface area contributed by atoms with Gasteiger partial charge in [0.25, 0.3) is 5.91 Å². The van der Waals surface area contributed by atoms with Crippen molar-refractivity contribution in [2.24, 2.45) is 17.8 Å². The molecule has 0 bridgehead atoms. The van der Waals surface area contributed by atoms with Gasteiger partial charge in [-0.05, 0) is 79.8 Å². The van der Waals surface area contributed by atoms with Crippen LogP contribution < -0.4 is 5.32 Å². The number of hydrogen-bond acceptors (Lipinski definition) is 5. The van der Waals surface area contributed by atoms with Crippen molar-refractivity contribution in [1.29, 1.82) is 0 Å². The Bertz CT molecular complexity index is 1020. The van der Waals surface area contributed by atoms with E-state index in [-0.39, 0.29) is 17.2 Å². The molecule has 1 saturated carbocycles. The zero-order valence-electron chi connectivity index (χ0n) is 20.7. The molecule has 3 rings (SSSR count). The number of hydrogen-bond donors (Lipinski definition) is 1. The molecular weight excluding hydrogens is 430 g/mol. The molecule has 3 atom stereocenters. The summed E-state index contributed by atoms with van der Waals surface area (Å²) in [6.07, 6.45) is 2.80. The molecule has 0 heterocycles. The molecule has 182 valence electrons. The fraction of sp³-hybridized carbons (Fsp3) is 0.464. The minimum absolute atomic E-state index is 0.0941. The zero-order chi connectivity index (χ0) is 24.8. The Hall–Kier alpha value is -3.15. The molecule has 6 heteroatoms. The van der Waals surface area contributed by atoms with Gasteiger partial charge < -0.3 is 14.8 Å². The number of rotatable bonds is 7. The van der Waals surface area contributed by atoms with Crippen molar-refractivity contribution in [1.82, 2.24) is 0 Å². The number of carbonyl (C=O) groups excluding carboxylic acids is 3. The highest BCUT2D eigenvalue weighted by Crippen LogP contribution is 2.35. The lowest BCUT2D eigenvalue weighted by Crippen LogP contribution is -2.36. The largest absolute Gasteiger partial charge is 0.458 e. The summed E-state index contributed by atoms with van der Waals surface area (Å²) in [5.41, 5.74) is 2.93. The second-order valence-corrected chi connectivity index (χ2v) is 9.82. The Labute approximate surface area is 202 Å². The monoisotopic (exact) mass is 465 g/mol. The molecule has 1 aliphatic carbocycles. The van der Waals surface area contributed by atoms with E-state index in [2.05, 4.69) is 26.1 Å². The quantitative estimate of drug-likeness (QED) is 0.529. The molecule has 1 amide bonds. The third kappa shape index (κ3) is 6.69. The standard InChI is InChI=1S/C28H35NO5/c1-17(2)22-11-10-18(3)15-25(22)34-28(32)24-9-7-6-8-23(24)27(31)33-16-26(30)29-21-13-19(4)12-20(5)14-21/h6-9,12-14,17-18,22,25H,10-11,15-16H2,1-5H3,(H,29,30)/t18-,22-,25+/m0/s1. The van der Waals surface area contributed by atoms with Crippen LogP contribution in [0.5, 0.6) is 0 Å². The van der Waals surface area contributed by atoms with Gasteiger partial charge in [0.15, 0.2) is 6.61 Å². The minimum atomic E-state index is -0.736. The first kappa shape index (κ1) is 25.5. The van der Waals surface area contributed by atoms with Crippen molar-refractivity contribution in [3.05, 3.63) is 64.7 Å². The van der Waals surface area contributed by atoms with E-state index in [1.54, 1.807) is 18.2 Å². The molecule has 2 aromatic carbocycles. The van der Waals surface area contributed by atoms with Crippen LogP contribution in [-0.2, 0) is 14.3 Å². The topological polar surface area (TPSA) is 81.7 Å². The van der Waals surface area contributed by atoms with Gasteiger partial charge in [-0.25, -0.2) is 9.59 Å². The Morgan fingerprint density at radius 2 is 1.59 bits per heavy atom. The van der Waals surface area contributed by atoms with Crippen LogP contribution in [0.1, 0.15) is 71.9 Å². The summed E-state index contributed by atoms with van der Waals surface area (Å²) in [6, 6.07) is 12.1. The predicted molar refractivity (Wildman–Crippen MR) is 132 cm³/mol. The molecular formula is C28H35NO5. The number of benzene rings is 2. The lowest BCUT2D eigenvalue weighted by Gasteiger charge is -2.36. The van der Waals surface area contributed by atoms with Crippen molar-refractivity contribution in [2.45, 2.75) is 60.0 Å². The molecule has 0 aliphatic heterocycles. The van der Waals surface area contributed by atoms with Crippen LogP contribution in [0.25, 0.3) is 0 Å². The number of carbonyl (C=O) groups is 3. The summed E-state index contributed by atoms with van der Waals surface area (Å²) >= 11 is 0. The number of ether oxygens (including phenoxy) is 2. The fourth-order valence-electron chi connectivity index (χ4n) is 4.74. The van der Waals surface area contributed by atoms with Gasteiger partial charge in [0.2, 0.25) is 0 Å². The molecule has 0 spiro atoms. The smallest absolute Gasteiger partial charge is 0.339 e. The molecule has 1 N–H and O–H groups in total. The van der Waals surface area contributed by atoms with E-state index in [4.69, 9.17) is 9.47 Å². The molecule has 0 radical (unpaired) electrons. The number of esters is 2. The highest BCUT2D eigenvalue weighted by molar-refractivity contribution is 6.04. The molecule has 2 aromatic rings. The van der Waals surface area contributed by atoms with Gasteiger partial charge >= 0.3 is 11.9 Å². The third-order valence-corrected chi connectivity index (χ3v) is 6.43. The zero-order valence-corrected chi connectivity index (χ0v) is 20.7. The van der Waals surface area contributed by atoms with E-state index >= 15 is 0 Å². The van der Waals surface area contributed by atoms with Crippen molar-refractivity contribution >= 4 is 23.5 Å². The Morgan fingerprint density at radius 3 is 2.21 bits per heavy atom. The molecule has 0 unspecified atom stereocenters. The molecule has 0 aromatic heterocycles. The van der Waals surface area contributed by atoms with Crippen LogP contribution in [0.15, 0.2) is 42.5 Å². The van der Waals surface area contributed by atoms with Gasteiger partial charge in [-0.15, -0.1) is 0 Å². The highest BCUT2D eigenvalue weighted by Gasteiger charge is 2.34. The number of aryl methyl sites for hydroxylation is 2. The van der Waals surface area contributed by atoms with Crippen LogP contribution in [0, 0.1) is 31.6 Å². The maximum Gasteiger partial charge on any atom is 0.339 e. The van der Waals surface area contributed by atoms with Crippen LogP contribution in [0.4, 0.5) is 5.69 Å². The molecule has 6 nitrogen and oxygen atoms in total. The van der Waals surface area contributed by atoms with Crippen LogP contribution in [-0.4, -0.2) is 30.6 Å². The number of nitrogens with one attached hydrogen (secondary N) is 1. The van der Waals surface area contributed by atoms with E-state index in [9.17, 15) is 14.4 Å². The van der Waals surface area contributed by atoms with E-state index in [1.165, 1.54) is 6.07 Å². The second-order valence-electron chi connectivity index (χ2n) is 9.82. The SMILES string of the molecule is Cc1cc(C)cc(NC(=O)COC(=O)c2ccccc2C(=O)O[C@@H]2C[C@@H](C)CC[C@H]2C(C)C)c1. The third-order valence-electron chi connectivity index (χ3n) is 6.43. The van der Waals surface area contributed by atoms with Crippen molar-refractivity contribution in [3.8, 4) is 0 Å². The normalized spacial score (nSPS) is 20.0. The summed E-state index contributed by atoms with van der Waals surface area (Å²) in [6.45, 7) is 9.90. The van der Waals surface area contributed by atoms with Crippen LogP contribution in [0.2, 0.25) is 0 Å². The summed E-state index contributed by atoms with van der Waals surface area (Å²) in [4.78, 5) is 38.1. The Kier molecular flexibility index (Phi) is 8.48. The van der Waals surface area contributed by atoms with E-state index in [0.29, 0.717) is 23.4 Å². The predicted octanol–water partition coefficient (Wildman–Crippen LogP) is 5.72. The van der Waals surface area contributed by atoms with Crippen molar-refractivity contribution in [2.75, 3.05) is 11.9 Å². The lowest BCUT2D eigenvalue weighted by molar-refractivity contribution is -0.119. The van der Waals surface area contributed by atoms with E-state index in [0.717, 1.165) is 30.4 Å². The van der Waals surface area contributed by atoms with Gasteiger partial charge in [-0.1, -0.05) is 45.4 Å². The highest BCUT2D eigenvalue weighted by atomic mass is 16.5. The fourth-order valence-corrected chi connectivity index (χ4v) is 4.74. The van der Waals surface area contributed by atoms with Gasteiger partial charge in [0.1, 0.15) is 6.10 Å². The summed E-state index contributed by atoms with van der Waals surface area (Å²) in [5.74, 6) is -0.523. The minimum Gasteiger partial charge on any atom is -0.458 e. The average Bonchev–Trinajstić information content (AvgIpc) is 2.76. The second kappa shape index (κ2) is 11.3. The van der Waals surface area contributed by atoms with Gasteiger partial charge in [-0.3, -0.25) is 4.79 Å². The molecule has 1 fully saturated rings. The van der Waals surface area contributed by atoms with Crippen molar-refractivity contribution < 1.29 is 23.9 Å². The Balaban J connectivity index is 1.64. The number of anilines is 1. The Morgan fingerprint density at radius 1 is 0.971 bits per heavy atom. The summed E-state index contributed by atoms with van der Waals surface area (Å²) in [5, 5.41) is 2.73. The van der Waals surface area contributed by atoms with Crippen molar-refractivity contribution in [3.63, 3.8) is 0 Å².